The number of nitriles is 1. The van der Waals surface area contributed by atoms with E-state index >= 15 is 0 Å². The maximum absolute atomic E-state index is 9.15. The molecule has 0 amide bonds. The van der Waals surface area contributed by atoms with E-state index in [2.05, 4.69) is 21.0 Å². The van der Waals surface area contributed by atoms with Gasteiger partial charge >= 0.3 is 0 Å². The van der Waals surface area contributed by atoms with E-state index in [0.29, 0.717) is 17.6 Å². The quantitative estimate of drug-likeness (QED) is 0.693. The molecule has 0 spiro atoms. The third-order valence-corrected chi connectivity index (χ3v) is 3.30. The average Bonchev–Trinajstić information content (AvgIpc) is 2.86. The fourth-order valence-electron chi connectivity index (χ4n) is 2.14. The standard InChI is InChI=1S/C14H10ClN5/c15-6-13-19-14-10(7-16)2-1-3-12(14)20(13)8-11-4-5-17-9-18-11/h1-5,9H,6,8H2. The van der Waals surface area contributed by atoms with Crippen molar-refractivity contribution >= 4 is 22.6 Å². The van der Waals surface area contributed by atoms with Gasteiger partial charge in [-0.1, -0.05) is 6.07 Å². The third kappa shape index (κ3) is 2.10. The molecule has 0 saturated heterocycles. The number of benzene rings is 1. The molecule has 2 heterocycles. The van der Waals surface area contributed by atoms with Gasteiger partial charge in [0.25, 0.3) is 0 Å². The van der Waals surface area contributed by atoms with Crippen LogP contribution >= 0.6 is 11.6 Å². The van der Waals surface area contributed by atoms with Gasteiger partial charge in [0.1, 0.15) is 23.7 Å². The number of para-hydroxylation sites is 1. The number of halogens is 1. The predicted octanol–water partition coefficient (Wildman–Crippen LogP) is 2.49. The summed E-state index contributed by atoms with van der Waals surface area (Å²) in [6.07, 6.45) is 3.21. The van der Waals surface area contributed by atoms with E-state index in [1.54, 1.807) is 12.3 Å². The lowest BCUT2D eigenvalue weighted by Crippen LogP contribution is -2.05. The summed E-state index contributed by atoms with van der Waals surface area (Å²) in [6, 6.07) is 9.53. The Morgan fingerprint density at radius 2 is 2.20 bits per heavy atom. The molecule has 2 aromatic heterocycles. The Morgan fingerprint density at radius 1 is 1.30 bits per heavy atom. The molecule has 6 heteroatoms. The zero-order chi connectivity index (χ0) is 13.9. The van der Waals surface area contributed by atoms with Gasteiger partial charge in [-0.3, -0.25) is 0 Å². The van der Waals surface area contributed by atoms with E-state index in [9.17, 15) is 0 Å². The van der Waals surface area contributed by atoms with Gasteiger partial charge in [0, 0.05) is 6.20 Å². The molecule has 0 atom stereocenters. The molecule has 1 aromatic carbocycles. The van der Waals surface area contributed by atoms with Gasteiger partial charge in [0.15, 0.2) is 0 Å². The molecular formula is C14H10ClN5. The summed E-state index contributed by atoms with van der Waals surface area (Å²) in [5, 5.41) is 9.15. The fraction of sp³-hybridized carbons (Fsp3) is 0.143. The highest BCUT2D eigenvalue weighted by Gasteiger charge is 2.13. The number of fused-ring (bicyclic) bond motifs is 1. The van der Waals surface area contributed by atoms with Crippen LogP contribution in [0.3, 0.4) is 0 Å². The number of nitrogens with zero attached hydrogens (tertiary/aromatic N) is 5. The molecule has 5 nitrogen and oxygen atoms in total. The first-order valence-electron chi connectivity index (χ1n) is 6.02. The Labute approximate surface area is 120 Å². The Morgan fingerprint density at radius 3 is 2.90 bits per heavy atom. The van der Waals surface area contributed by atoms with Crippen LogP contribution < -0.4 is 0 Å². The van der Waals surface area contributed by atoms with Gasteiger partial charge in [-0.2, -0.15) is 5.26 Å². The van der Waals surface area contributed by atoms with Crippen molar-refractivity contribution in [1.29, 1.82) is 5.26 Å². The molecule has 98 valence electrons. The molecular weight excluding hydrogens is 274 g/mol. The highest BCUT2D eigenvalue weighted by molar-refractivity contribution is 6.16. The Balaban J connectivity index is 2.17. The predicted molar refractivity (Wildman–Crippen MR) is 75.1 cm³/mol. The van der Waals surface area contributed by atoms with E-state index in [4.69, 9.17) is 16.9 Å². The highest BCUT2D eigenvalue weighted by atomic mass is 35.5. The first-order chi connectivity index (χ1) is 9.83. The van der Waals surface area contributed by atoms with Crippen molar-refractivity contribution in [1.82, 2.24) is 19.5 Å². The van der Waals surface area contributed by atoms with Crippen molar-refractivity contribution in [3.8, 4) is 6.07 Å². The molecule has 3 rings (SSSR count). The largest absolute Gasteiger partial charge is 0.321 e. The highest BCUT2D eigenvalue weighted by Crippen LogP contribution is 2.21. The molecule has 20 heavy (non-hydrogen) atoms. The van der Waals surface area contributed by atoms with Gasteiger partial charge in [-0.15, -0.1) is 11.6 Å². The zero-order valence-electron chi connectivity index (χ0n) is 10.5. The van der Waals surface area contributed by atoms with Crippen LogP contribution in [0.1, 0.15) is 17.1 Å². The Hall–Kier alpha value is -2.45. The van der Waals surface area contributed by atoms with E-state index in [1.807, 2.05) is 22.8 Å². The lowest BCUT2D eigenvalue weighted by Gasteiger charge is -2.06. The molecule has 0 N–H and O–H groups in total. The second-order valence-corrected chi connectivity index (χ2v) is 4.50. The minimum absolute atomic E-state index is 0.282. The number of rotatable bonds is 3. The van der Waals surface area contributed by atoms with Gasteiger partial charge in [-0.25, -0.2) is 15.0 Å². The summed E-state index contributed by atoms with van der Waals surface area (Å²) in [5.41, 5.74) is 2.99. The molecule has 0 aliphatic heterocycles. The van der Waals surface area contributed by atoms with Crippen LogP contribution in [-0.4, -0.2) is 19.5 Å². The summed E-state index contributed by atoms with van der Waals surface area (Å²) >= 11 is 5.97. The van der Waals surface area contributed by atoms with Crippen LogP contribution in [-0.2, 0) is 12.4 Å². The van der Waals surface area contributed by atoms with Crippen molar-refractivity contribution in [2.75, 3.05) is 0 Å². The van der Waals surface area contributed by atoms with Gasteiger partial charge in [-0.05, 0) is 18.2 Å². The number of hydrogen-bond acceptors (Lipinski definition) is 4. The summed E-state index contributed by atoms with van der Waals surface area (Å²) in [6.45, 7) is 0.552. The molecule has 0 unspecified atom stereocenters. The van der Waals surface area contributed by atoms with Crippen LogP contribution in [0.5, 0.6) is 0 Å². The molecule has 0 bridgehead atoms. The topological polar surface area (TPSA) is 67.4 Å². The van der Waals surface area contributed by atoms with Crippen LogP contribution in [0, 0.1) is 11.3 Å². The van der Waals surface area contributed by atoms with Crippen molar-refractivity contribution < 1.29 is 0 Å². The maximum Gasteiger partial charge on any atom is 0.125 e. The minimum atomic E-state index is 0.282. The zero-order valence-corrected chi connectivity index (χ0v) is 11.2. The summed E-state index contributed by atoms with van der Waals surface area (Å²) in [4.78, 5) is 12.6. The maximum atomic E-state index is 9.15. The second kappa shape index (κ2) is 5.27. The van der Waals surface area contributed by atoms with Gasteiger partial charge in [0.05, 0.1) is 29.2 Å². The molecule has 0 fully saturated rings. The number of alkyl halides is 1. The van der Waals surface area contributed by atoms with E-state index in [-0.39, 0.29) is 5.88 Å². The molecule has 3 aromatic rings. The van der Waals surface area contributed by atoms with E-state index in [0.717, 1.165) is 17.0 Å². The van der Waals surface area contributed by atoms with Gasteiger partial charge in [0.2, 0.25) is 0 Å². The van der Waals surface area contributed by atoms with Gasteiger partial charge < -0.3 is 4.57 Å². The third-order valence-electron chi connectivity index (χ3n) is 3.06. The van der Waals surface area contributed by atoms with Crippen molar-refractivity contribution in [2.24, 2.45) is 0 Å². The first kappa shape index (κ1) is 12.6. The number of hydrogen-bond donors (Lipinski definition) is 0. The van der Waals surface area contributed by atoms with Crippen LogP contribution in [0.4, 0.5) is 0 Å². The Bertz CT molecular complexity index is 788. The van der Waals surface area contributed by atoms with Crippen LogP contribution in [0.25, 0.3) is 11.0 Å². The first-order valence-corrected chi connectivity index (χ1v) is 6.56. The molecule has 0 aliphatic carbocycles. The van der Waals surface area contributed by atoms with Crippen molar-refractivity contribution in [2.45, 2.75) is 12.4 Å². The number of imidazole rings is 1. The fourth-order valence-corrected chi connectivity index (χ4v) is 2.34. The van der Waals surface area contributed by atoms with E-state index < -0.39 is 0 Å². The van der Waals surface area contributed by atoms with Crippen LogP contribution in [0.15, 0.2) is 36.8 Å². The van der Waals surface area contributed by atoms with E-state index in [1.165, 1.54) is 6.33 Å². The number of aromatic nitrogens is 4. The Kier molecular flexibility index (Phi) is 3.32. The normalized spacial score (nSPS) is 10.6. The van der Waals surface area contributed by atoms with Crippen molar-refractivity contribution in [3.63, 3.8) is 0 Å². The minimum Gasteiger partial charge on any atom is -0.321 e. The lowest BCUT2D eigenvalue weighted by atomic mass is 10.2. The molecule has 0 aliphatic rings. The smallest absolute Gasteiger partial charge is 0.125 e. The summed E-state index contributed by atoms with van der Waals surface area (Å²) < 4.78 is 1.98. The summed E-state index contributed by atoms with van der Waals surface area (Å²) in [5.74, 6) is 1.01. The molecule has 0 saturated carbocycles. The monoisotopic (exact) mass is 283 g/mol. The summed E-state index contributed by atoms with van der Waals surface area (Å²) in [7, 11) is 0. The molecule has 0 radical (unpaired) electrons. The van der Waals surface area contributed by atoms with Crippen LogP contribution in [0.2, 0.25) is 0 Å². The second-order valence-electron chi connectivity index (χ2n) is 4.23. The van der Waals surface area contributed by atoms with Crippen molar-refractivity contribution in [3.05, 3.63) is 53.9 Å². The SMILES string of the molecule is N#Cc1cccc2c1nc(CCl)n2Cc1ccncn1. The average molecular weight is 284 g/mol. The lowest BCUT2D eigenvalue weighted by molar-refractivity contribution is 0.754.